The molecule has 0 aliphatic heterocycles. The number of Topliss-reactive ketones (excluding diaryl/α,β-unsaturated/α-hetero) is 1. The minimum absolute atomic E-state index is 0.0225. The molecule has 794 valence electrons. The quantitative estimate of drug-likeness (QED) is 0.0130. The average Bonchev–Trinajstić information content (AvgIpc) is 1.70. The van der Waals surface area contributed by atoms with Gasteiger partial charge in [-0.05, 0) is 162 Å². The molecule has 0 aromatic carbocycles. The van der Waals surface area contributed by atoms with Crippen molar-refractivity contribution < 1.29 is 119 Å². The first-order valence-corrected chi connectivity index (χ1v) is 61.9. The number of methoxy groups -OCH3 is 5. The highest BCUT2D eigenvalue weighted by Crippen LogP contribution is 2.43. The number of hydrogen-bond acceptors (Lipinski definition) is 33. The molecule has 37 nitrogen and oxygen atoms in total. The SMILES string of the molecule is COC(=O)C(C)(CC#C[Si](C)(C)C)Cc1cn(C(CC(C)(C)C(=O)OCC(COC(=O)C(C)(C)CC(C(=O)OC(C)(C)C)n2cc(CC(CC#C[Si](C)(C)C)(C(=O)OC)C(=O)OC)nn2)(COC(=O)C(C)(C)CC(C(=O)OC(C)(C)C)n2cc(CC(CC#C[Si](C)(C)C)(C(=O)OC)C(=O)OC)nn2)COC(=O)C(C)(C)CC(C(=O)C(C)(C)C)n2cc(CC(C)(C)CC#C[Si](C)(C)C)nn2)C(=O)OC(C)(C)C)nn1. The predicted molar refractivity (Wildman–Crippen MR) is 543 cm³/mol. The Kier molecular flexibility index (Phi) is 42.0. The number of rotatable bonds is 45. The van der Waals surface area contributed by atoms with Gasteiger partial charge in [-0.15, -0.1) is 66.3 Å². The molecule has 143 heavy (non-hydrogen) atoms. The molecule has 0 bridgehead atoms. The number of carbonyl (C=O) groups is 13. The van der Waals surface area contributed by atoms with Crippen LogP contribution in [0.25, 0.3) is 0 Å². The molecule has 4 aromatic heterocycles. The Hall–Kier alpha value is -11.0. The summed E-state index contributed by atoms with van der Waals surface area (Å²) in [5.74, 6) is 0.588. The van der Waals surface area contributed by atoms with E-state index in [0.29, 0.717) is 18.5 Å². The summed E-state index contributed by atoms with van der Waals surface area (Å²) in [7, 11) is -2.25. The maximum absolute atomic E-state index is 15.8. The second kappa shape index (κ2) is 48.3. The molecule has 0 fully saturated rings. The Labute approximate surface area is 849 Å². The summed E-state index contributed by atoms with van der Waals surface area (Å²) in [5, 5.41) is 35.1. The molecule has 0 aliphatic rings. The monoisotopic (exact) mass is 2070 g/mol. The van der Waals surface area contributed by atoms with Gasteiger partial charge in [0.2, 0.25) is 0 Å². The van der Waals surface area contributed by atoms with Crippen LogP contribution in [0.3, 0.4) is 0 Å². The second-order valence-electron chi connectivity index (χ2n) is 49.2. The van der Waals surface area contributed by atoms with Crippen LogP contribution in [0, 0.1) is 100 Å². The molecule has 0 N–H and O–H groups in total. The topological polar surface area (TPSA) is 456 Å². The molecule has 0 aliphatic carbocycles. The van der Waals surface area contributed by atoms with Gasteiger partial charge in [0.1, 0.15) is 87.0 Å². The van der Waals surface area contributed by atoms with Crippen molar-refractivity contribution in [3.05, 3.63) is 47.6 Å². The van der Waals surface area contributed by atoms with Crippen LogP contribution in [0.5, 0.6) is 0 Å². The predicted octanol–water partition coefficient (Wildman–Crippen LogP) is 13.9. The van der Waals surface area contributed by atoms with E-state index >= 15 is 24.0 Å². The summed E-state index contributed by atoms with van der Waals surface area (Å²) in [5.41, 5.74) is -6.11. The van der Waals surface area contributed by atoms with Crippen LogP contribution in [0.4, 0.5) is 0 Å². The maximum atomic E-state index is 15.8. The lowest BCUT2D eigenvalue weighted by Gasteiger charge is -2.37. The number of carbonyl (C=O) groups excluding carboxylic acids is 13. The summed E-state index contributed by atoms with van der Waals surface area (Å²) in [6.07, 6.45) is 3.16. The zero-order valence-corrected chi connectivity index (χ0v) is 96.5. The molecule has 0 amide bonds. The molecule has 0 radical (unpaired) electrons. The third-order valence-corrected chi connectivity index (χ3v) is 26.2. The highest BCUT2D eigenvalue weighted by atomic mass is 28.3. The first-order valence-electron chi connectivity index (χ1n) is 47.9. The van der Waals surface area contributed by atoms with Crippen molar-refractivity contribution in [1.82, 2.24) is 60.0 Å². The number of ether oxygens (including phenoxy) is 12. The Bertz CT molecular complexity index is 5270. The van der Waals surface area contributed by atoms with Gasteiger partial charge in [-0.1, -0.05) is 134 Å². The molecular formula is C102H160N12O25Si4. The van der Waals surface area contributed by atoms with E-state index in [4.69, 9.17) is 56.8 Å². The van der Waals surface area contributed by atoms with Crippen molar-refractivity contribution in [2.75, 3.05) is 62.0 Å². The molecule has 5 atom stereocenters. The van der Waals surface area contributed by atoms with Crippen LogP contribution < -0.4 is 0 Å². The molecule has 0 saturated heterocycles. The summed E-state index contributed by atoms with van der Waals surface area (Å²) in [6.45, 7) is 57.6. The van der Waals surface area contributed by atoms with E-state index in [1.165, 1.54) is 90.5 Å². The first kappa shape index (κ1) is 124. The third kappa shape index (κ3) is 38.5. The molecule has 4 heterocycles. The van der Waals surface area contributed by atoms with E-state index in [1.54, 1.807) is 96.2 Å². The van der Waals surface area contributed by atoms with E-state index in [0.717, 1.165) is 37.8 Å². The van der Waals surface area contributed by atoms with Crippen LogP contribution in [0.1, 0.15) is 258 Å². The number of hydrogen-bond donors (Lipinski definition) is 0. The van der Waals surface area contributed by atoms with Crippen LogP contribution in [0.2, 0.25) is 78.6 Å². The largest absolute Gasteiger partial charge is 0.469 e. The van der Waals surface area contributed by atoms with E-state index < -0.39 is 258 Å². The normalized spacial score (nSPS) is 14.5. The summed E-state index contributed by atoms with van der Waals surface area (Å²) in [6, 6.07) is -5.80. The zero-order chi connectivity index (χ0) is 110. The van der Waals surface area contributed by atoms with Crippen molar-refractivity contribution in [2.24, 2.45) is 54.1 Å². The van der Waals surface area contributed by atoms with Crippen molar-refractivity contribution >= 4 is 110 Å². The van der Waals surface area contributed by atoms with Gasteiger partial charge in [0.05, 0.1) is 85.4 Å². The first-order chi connectivity index (χ1) is 64.9. The number of ketones is 1. The number of aromatic nitrogens is 12. The zero-order valence-electron chi connectivity index (χ0n) is 92.5. The number of esters is 12. The molecule has 4 rings (SSSR count). The van der Waals surface area contributed by atoms with E-state index in [2.05, 4.69) is 140 Å². The number of nitrogens with zero attached hydrogens (tertiary/aromatic N) is 12. The molecular weight excluding hydrogens is 1910 g/mol. The van der Waals surface area contributed by atoms with E-state index in [1.807, 2.05) is 39.3 Å². The highest BCUT2D eigenvalue weighted by molar-refractivity contribution is 6.85. The second-order valence-corrected chi connectivity index (χ2v) is 68.2. The summed E-state index contributed by atoms with van der Waals surface area (Å²) in [4.78, 5) is 192. The van der Waals surface area contributed by atoms with Gasteiger partial charge in [0.15, 0.2) is 34.7 Å². The molecule has 5 unspecified atom stereocenters. The fraction of sp³-hybridized carbons (Fsp3) is 0.716. The van der Waals surface area contributed by atoms with E-state index in [-0.39, 0.29) is 55.0 Å². The van der Waals surface area contributed by atoms with Gasteiger partial charge in [0.25, 0.3) is 0 Å². The molecule has 0 spiro atoms. The lowest BCUT2D eigenvalue weighted by molar-refractivity contribution is -0.183. The van der Waals surface area contributed by atoms with Crippen LogP contribution in [-0.2, 0) is 145 Å². The van der Waals surface area contributed by atoms with Gasteiger partial charge < -0.3 is 56.8 Å². The van der Waals surface area contributed by atoms with Gasteiger partial charge in [0, 0.05) is 75.1 Å². The van der Waals surface area contributed by atoms with Gasteiger partial charge >= 0.3 is 71.6 Å². The Morgan fingerprint density at radius 2 is 0.531 bits per heavy atom. The third-order valence-electron chi connectivity index (χ3n) is 22.5. The minimum atomic E-state index is -2.28. The van der Waals surface area contributed by atoms with E-state index in [9.17, 15) is 38.4 Å². The van der Waals surface area contributed by atoms with Crippen molar-refractivity contribution in [2.45, 2.75) is 356 Å². The van der Waals surface area contributed by atoms with Crippen molar-refractivity contribution in [3.8, 4) is 45.9 Å². The highest BCUT2D eigenvalue weighted by Gasteiger charge is 2.54. The summed E-state index contributed by atoms with van der Waals surface area (Å²) < 4.78 is 74.9. The lowest BCUT2D eigenvalue weighted by Crippen LogP contribution is -2.48. The fourth-order valence-corrected chi connectivity index (χ4v) is 17.3. The van der Waals surface area contributed by atoms with Crippen molar-refractivity contribution in [3.63, 3.8) is 0 Å². The standard InChI is InChI=1S/C102H160N12O25Si4/c1-90(2,3)77(115)73(111-61-69(103-107-111)53-94(13,14)45-41-49-140(29,30)31)57-95(15,16)81(119)133-65-100(66-134-82(120)96(17,18)58-74(78(116)137-91(4,5)6)112-62-70(104-108-112)54-99(23,85(123)128-24)46-42-50-141(32,33)34,67-135-83(121)97(19,20)59-75(79(117)138-92(7,8)9)113-63-71(105-109-113)55-101(86(124)129-25,87(125)130-26)47-43-51-142(35,36)37)68-136-84(122)98(21,22)60-76(80(118)139-93(10,11)12)114-64-72(106-110-114)56-102(88(126)131-27,89(127)132-28)48-44-52-143(38,39)40/h61-64,73-76H,45-48,53-60,65-68H2,1-40H3. The van der Waals surface area contributed by atoms with Gasteiger partial charge in [-0.25, -0.2) is 33.1 Å². The molecule has 41 heteroatoms. The Balaban J connectivity index is 2.17. The maximum Gasteiger partial charge on any atom is 0.331 e. The van der Waals surface area contributed by atoms with Gasteiger partial charge in [-0.3, -0.25) is 47.9 Å². The Morgan fingerprint density at radius 3 is 0.776 bits per heavy atom. The summed E-state index contributed by atoms with van der Waals surface area (Å²) >= 11 is 0. The average molecular weight is 2070 g/mol. The molecule has 4 aromatic rings. The van der Waals surface area contributed by atoms with Crippen LogP contribution in [0.15, 0.2) is 24.8 Å². The van der Waals surface area contributed by atoms with Gasteiger partial charge in [-0.2, -0.15) is 0 Å². The van der Waals surface area contributed by atoms with Crippen LogP contribution in [-0.4, -0.2) is 248 Å². The molecule has 0 saturated carbocycles. The Morgan fingerprint density at radius 1 is 0.301 bits per heavy atom. The fourth-order valence-electron chi connectivity index (χ4n) is 14.8. The van der Waals surface area contributed by atoms with Crippen molar-refractivity contribution in [1.29, 1.82) is 0 Å². The minimum Gasteiger partial charge on any atom is -0.469 e. The lowest BCUT2D eigenvalue weighted by atomic mass is 9.78. The van der Waals surface area contributed by atoms with Crippen LogP contribution >= 0.6 is 0 Å². The smallest absolute Gasteiger partial charge is 0.331 e.